The van der Waals surface area contributed by atoms with Crippen molar-refractivity contribution in [1.29, 1.82) is 0 Å². The van der Waals surface area contributed by atoms with E-state index in [1.807, 2.05) is 0 Å². The van der Waals surface area contributed by atoms with Gasteiger partial charge in [-0.2, -0.15) is 0 Å². The molecule has 0 saturated carbocycles. The molecule has 0 unspecified atom stereocenters. The van der Waals surface area contributed by atoms with Crippen LogP contribution in [0.1, 0.15) is 22.3 Å². The third-order valence-electron chi connectivity index (χ3n) is 15.7. The minimum atomic E-state index is -0.465. The first-order chi connectivity index (χ1) is 34.7. The van der Waals surface area contributed by atoms with Gasteiger partial charge in [-0.25, -0.2) is 0 Å². The maximum absolute atomic E-state index is 2.54. The molecule has 324 valence electrons. The summed E-state index contributed by atoms with van der Waals surface area (Å²) in [6.07, 6.45) is 0. The van der Waals surface area contributed by atoms with Crippen LogP contribution in [0.5, 0.6) is 0 Å². The topological polar surface area (TPSA) is 8.17 Å². The van der Waals surface area contributed by atoms with Crippen molar-refractivity contribution >= 4 is 62.0 Å². The quantitative estimate of drug-likeness (QED) is 0.151. The summed E-state index contributed by atoms with van der Waals surface area (Å²) in [7, 11) is 0. The molecular formula is C67H43BN2. The van der Waals surface area contributed by atoms with Crippen molar-refractivity contribution in [2.75, 3.05) is 4.90 Å². The Kier molecular flexibility index (Phi) is 8.41. The predicted octanol–water partition coefficient (Wildman–Crippen LogP) is 14.8. The second-order valence-corrected chi connectivity index (χ2v) is 19.1. The van der Waals surface area contributed by atoms with Gasteiger partial charge >= 0.3 is 0 Å². The highest BCUT2D eigenvalue weighted by molar-refractivity contribution is 7.00. The normalized spacial score (nSPS) is 13.2. The molecule has 15 rings (SSSR count). The number of hydrogen-bond donors (Lipinski definition) is 0. The van der Waals surface area contributed by atoms with E-state index in [4.69, 9.17) is 0 Å². The van der Waals surface area contributed by atoms with Crippen LogP contribution in [0.2, 0.25) is 0 Å². The summed E-state index contributed by atoms with van der Waals surface area (Å²) in [4.78, 5) is 2.32. The Labute approximate surface area is 408 Å². The van der Waals surface area contributed by atoms with Gasteiger partial charge in [0.05, 0.1) is 16.4 Å². The first-order valence-electron chi connectivity index (χ1n) is 24.5. The molecule has 3 heteroatoms. The van der Waals surface area contributed by atoms with Crippen LogP contribution in [-0.2, 0) is 5.41 Å². The first-order valence-corrected chi connectivity index (χ1v) is 24.5. The Morgan fingerprint density at radius 3 is 1.44 bits per heavy atom. The number of fused-ring (bicyclic) bond motifs is 15. The van der Waals surface area contributed by atoms with Crippen molar-refractivity contribution in [3.8, 4) is 50.2 Å². The molecule has 0 saturated heterocycles. The SMILES string of the molecule is c1ccc(N(c2ccccc2)c2ccc(-c3ccc4c(c3)-c3cccc5c3B4c3cc(-c4ccc(-n6c7ccccc7c7ccccc76)cc4)ccc3C53c4ccccc4-c4ccccc43)cc2)cc1. The van der Waals surface area contributed by atoms with Gasteiger partial charge in [0.25, 0.3) is 0 Å². The highest BCUT2D eigenvalue weighted by Gasteiger charge is 2.54. The van der Waals surface area contributed by atoms with E-state index in [1.165, 1.54) is 105 Å². The standard InChI is InChI=1S/C67H43BN2/c1-3-16-48(17-4-1)69(49-18-5-2-6-19-49)50-36-30-44(31-37-50)46-35-41-62-57(42-46)56-24-15-27-61-66(56)68(62)63-43-47(34-40-60(63)67(61)58-25-11-7-20-52(58)53-21-8-12-26-59(53)67)45-32-38-51(39-33-45)70-64-28-13-9-22-54(64)55-23-10-14-29-65(55)70/h1-43H. The molecule has 2 aliphatic heterocycles. The minimum absolute atomic E-state index is 0.0836. The van der Waals surface area contributed by atoms with Gasteiger partial charge in [-0.3, -0.25) is 0 Å². The predicted molar refractivity (Wildman–Crippen MR) is 294 cm³/mol. The highest BCUT2D eigenvalue weighted by Crippen LogP contribution is 2.57. The zero-order valence-corrected chi connectivity index (χ0v) is 38.3. The molecule has 11 aromatic carbocycles. The van der Waals surface area contributed by atoms with E-state index < -0.39 is 5.41 Å². The molecule has 3 aliphatic rings. The zero-order chi connectivity index (χ0) is 45.9. The van der Waals surface area contributed by atoms with Crippen LogP contribution in [0.15, 0.2) is 261 Å². The maximum Gasteiger partial charge on any atom is 0.243 e. The molecule has 12 aromatic rings. The molecule has 0 atom stereocenters. The summed E-state index contributed by atoms with van der Waals surface area (Å²) < 4.78 is 2.40. The van der Waals surface area contributed by atoms with E-state index in [9.17, 15) is 0 Å². The van der Waals surface area contributed by atoms with E-state index in [-0.39, 0.29) is 6.71 Å². The van der Waals surface area contributed by atoms with Crippen molar-refractivity contribution in [1.82, 2.24) is 4.57 Å². The fraction of sp³-hybridized carbons (Fsp3) is 0.0149. The van der Waals surface area contributed by atoms with Crippen LogP contribution in [0.3, 0.4) is 0 Å². The van der Waals surface area contributed by atoms with Gasteiger partial charge in [0.15, 0.2) is 0 Å². The fourth-order valence-corrected chi connectivity index (χ4v) is 12.8. The van der Waals surface area contributed by atoms with Crippen LogP contribution in [0, 0.1) is 0 Å². The second kappa shape index (κ2) is 15.0. The van der Waals surface area contributed by atoms with E-state index >= 15 is 0 Å². The molecule has 0 N–H and O–H groups in total. The molecule has 0 radical (unpaired) electrons. The van der Waals surface area contributed by atoms with Crippen LogP contribution in [0.4, 0.5) is 17.1 Å². The van der Waals surface area contributed by atoms with Crippen molar-refractivity contribution in [3.63, 3.8) is 0 Å². The van der Waals surface area contributed by atoms with E-state index in [2.05, 4.69) is 270 Å². The van der Waals surface area contributed by atoms with Crippen LogP contribution < -0.4 is 21.3 Å². The Hall–Kier alpha value is -8.92. The summed E-state index contributed by atoms with van der Waals surface area (Å²) in [6.45, 7) is 0.0836. The molecule has 2 nitrogen and oxygen atoms in total. The molecule has 1 spiro atoms. The third kappa shape index (κ3) is 5.46. The molecule has 0 amide bonds. The number of rotatable bonds is 6. The van der Waals surface area contributed by atoms with Crippen LogP contribution in [-0.4, -0.2) is 11.3 Å². The third-order valence-corrected chi connectivity index (χ3v) is 15.7. The highest BCUT2D eigenvalue weighted by atomic mass is 15.1. The lowest BCUT2D eigenvalue weighted by Gasteiger charge is -2.42. The van der Waals surface area contributed by atoms with Gasteiger partial charge in [0.1, 0.15) is 0 Å². The average molecular weight is 887 g/mol. The van der Waals surface area contributed by atoms with Crippen LogP contribution >= 0.6 is 0 Å². The number of anilines is 3. The fourth-order valence-electron chi connectivity index (χ4n) is 12.8. The van der Waals surface area contributed by atoms with Crippen molar-refractivity contribution < 1.29 is 0 Å². The second-order valence-electron chi connectivity index (χ2n) is 19.1. The zero-order valence-electron chi connectivity index (χ0n) is 38.3. The van der Waals surface area contributed by atoms with E-state index in [1.54, 1.807) is 0 Å². The molecule has 0 bridgehead atoms. The monoisotopic (exact) mass is 886 g/mol. The first kappa shape index (κ1) is 39.1. The maximum atomic E-state index is 2.54. The van der Waals surface area contributed by atoms with Gasteiger partial charge in [-0.1, -0.05) is 211 Å². The van der Waals surface area contributed by atoms with Crippen molar-refractivity contribution in [2.24, 2.45) is 0 Å². The lowest BCUT2D eigenvalue weighted by molar-refractivity contribution is 0.775. The van der Waals surface area contributed by atoms with Gasteiger partial charge in [0.2, 0.25) is 6.71 Å². The summed E-state index contributed by atoms with van der Waals surface area (Å²) in [5, 5.41) is 2.55. The minimum Gasteiger partial charge on any atom is -0.311 e. The Morgan fingerprint density at radius 1 is 0.314 bits per heavy atom. The Bertz CT molecular complexity index is 3920. The lowest BCUT2D eigenvalue weighted by atomic mass is 9.32. The van der Waals surface area contributed by atoms with Gasteiger partial charge in [-0.15, -0.1) is 0 Å². The summed E-state index contributed by atoms with van der Waals surface area (Å²) in [5.41, 5.74) is 26.4. The van der Waals surface area contributed by atoms with Crippen molar-refractivity contribution in [3.05, 3.63) is 283 Å². The lowest BCUT2D eigenvalue weighted by Crippen LogP contribution is -2.59. The Balaban J connectivity index is 0.890. The number of hydrogen-bond acceptors (Lipinski definition) is 1. The molecule has 1 aliphatic carbocycles. The summed E-state index contributed by atoms with van der Waals surface area (Å²) in [5.74, 6) is 0. The molecule has 70 heavy (non-hydrogen) atoms. The van der Waals surface area contributed by atoms with E-state index in [0.717, 1.165) is 22.7 Å². The van der Waals surface area contributed by atoms with Gasteiger partial charge in [-0.05, 0) is 133 Å². The Morgan fingerprint density at radius 2 is 0.800 bits per heavy atom. The largest absolute Gasteiger partial charge is 0.311 e. The molecule has 1 aromatic heterocycles. The smallest absolute Gasteiger partial charge is 0.243 e. The number of para-hydroxylation sites is 4. The van der Waals surface area contributed by atoms with E-state index in [0.29, 0.717) is 0 Å². The van der Waals surface area contributed by atoms with Crippen molar-refractivity contribution in [2.45, 2.75) is 5.41 Å². The number of aromatic nitrogens is 1. The summed E-state index contributed by atoms with van der Waals surface area (Å²) in [6, 6.07) is 97.2. The summed E-state index contributed by atoms with van der Waals surface area (Å²) >= 11 is 0. The van der Waals surface area contributed by atoms with Gasteiger partial charge in [0, 0.05) is 33.5 Å². The van der Waals surface area contributed by atoms with Gasteiger partial charge < -0.3 is 9.47 Å². The molecule has 3 heterocycles. The van der Waals surface area contributed by atoms with Crippen LogP contribution in [0.25, 0.3) is 72.0 Å². The molecular weight excluding hydrogens is 844 g/mol. The average Bonchev–Trinajstić information content (AvgIpc) is 4.06. The number of benzene rings is 11. The molecule has 0 fully saturated rings. The number of nitrogens with zero attached hydrogens (tertiary/aromatic N) is 2.